The maximum atomic E-state index is 14.0. The van der Waals surface area contributed by atoms with Crippen LogP contribution in [0.1, 0.15) is 80.6 Å². The largest absolute Gasteiger partial charge is 0.462 e. The van der Waals surface area contributed by atoms with Gasteiger partial charge in [-0.2, -0.15) is 0 Å². The minimum atomic E-state index is -1.74. The van der Waals surface area contributed by atoms with Gasteiger partial charge in [0.25, 0.3) is 0 Å². The number of aliphatic hydroxyl groups is 3. The highest BCUT2D eigenvalue weighted by molar-refractivity contribution is 5.78. The minimum Gasteiger partial charge on any atom is -0.462 e. The topological polar surface area (TPSA) is 115 Å². The van der Waals surface area contributed by atoms with Gasteiger partial charge in [0.1, 0.15) is 29.8 Å². The van der Waals surface area contributed by atoms with Gasteiger partial charge in [-0.25, -0.2) is 0 Å². The van der Waals surface area contributed by atoms with Crippen LogP contribution in [0.4, 0.5) is 0 Å². The third-order valence-electron chi connectivity index (χ3n) is 10.1. The van der Waals surface area contributed by atoms with Crippen LogP contribution in [0.5, 0.6) is 0 Å². The molecule has 4 heterocycles. The molecule has 2 bridgehead atoms. The molecule has 0 aromatic carbocycles. The summed E-state index contributed by atoms with van der Waals surface area (Å²) in [6.07, 6.45) is 10.4. The summed E-state index contributed by atoms with van der Waals surface area (Å²) in [5.41, 5.74) is 1.64. The fourth-order valence-corrected chi connectivity index (χ4v) is 7.85. The van der Waals surface area contributed by atoms with E-state index in [1.165, 1.54) is 5.57 Å². The summed E-state index contributed by atoms with van der Waals surface area (Å²) >= 11 is 0. The lowest BCUT2D eigenvalue weighted by molar-refractivity contribution is -0.342. The molecule has 0 aromatic rings. The Balaban J connectivity index is 1.52. The van der Waals surface area contributed by atoms with Gasteiger partial charge in [-0.3, -0.25) is 4.79 Å². The first-order chi connectivity index (χ1) is 20.7. The first-order valence-electron chi connectivity index (χ1n) is 16.4. The Morgan fingerprint density at radius 3 is 2.59 bits per heavy atom. The Hall–Kier alpha value is -2.07. The fourth-order valence-electron chi connectivity index (χ4n) is 7.85. The van der Waals surface area contributed by atoms with E-state index >= 15 is 0 Å². The zero-order valence-electron chi connectivity index (χ0n) is 27.4. The van der Waals surface area contributed by atoms with E-state index in [2.05, 4.69) is 45.9 Å². The molecule has 3 N–H and O–H groups in total. The predicted octanol–water partition coefficient (Wildman–Crippen LogP) is 5.09. The van der Waals surface area contributed by atoms with Crippen LogP contribution in [0.25, 0.3) is 0 Å². The van der Waals surface area contributed by atoms with Crippen molar-refractivity contribution in [1.29, 1.82) is 0 Å². The van der Waals surface area contributed by atoms with Crippen molar-refractivity contribution in [1.82, 2.24) is 0 Å². The standard InChI is InChI=1S/C36H52O8/c1-20(2)13-24(6)32-25(7)30(37)18-35(44-32)17-28-16-27(43-35)12-11-22(4)14-21(3)9-8-10-26-19-41-33-31(38)23(5)15-29(34(39)42-28)36(26,33)40/h8-11,13,15,20-21,25,27-33,37-38,40H,12,14,16-19H2,1-7H3/b9-8-,22-11-,24-13+,26-10+/t21-,25-,27+,28+,29-,30-,31+,32+,33+,35-,36+/m0/s1. The van der Waals surface area contributed by atoms with Crippen molar-refractivity contribution in [3.05, 3.63) is 58.7 Å². The average Bonchev–Trinajstić information content (AvgIpc) is 3.27. The molecule has 0 amide bonds. The molecule has 44 heavy (non-hydrogen) atoms. The van der Waals surface area contributed by atoms with Crippen molar-refractivity contribution in [2.75, 3.05) is 6.61 Å². The first kappa shape index (κ1) is 33.3. The minimum absolute atomic E-state index is 0.109. The molecule has 3 fully saturated rings. The molecular formula is C36H52O8. The molecule has 0 saturated carbocycles. The maximum Gasteiger partial charge on any atom is 0.316 e. The lowest BCUT2D eigenvalue weighted by Crippen LogP contribution is -2.59. The van der Waals surface area contributed by atoms with Crippen LogP contribution in [-0.2, 0) is 23.7 Å². The Morgan fingerprint density at radius 1 is 1.11 bits per heavy atom. The summed E-state index contributed by atoms with van der Waals surface area (Å²) in [5.74, 6) is -2.31. The van der Waals surface area contributed by atoms with E-state index in [1.807, 2.05) is 26.0 Å². The number of hydrogen-bond acceptors (Lipinski definition) is 8. The predicted molar refractivity (Wildman–Crippen MR) is 167 cm³/mol. The van der Waals surface area contributed by atoms with Gasteiger partial charge in [0, 0.05) is 25.2 Å². The molecule has 8 heteroatoms. The number of allylic oxidation sites excluding steroid dienone is 5. The van der Waals surface area contributed by atoms with Crippen LogP contribution < -0.4 is 0 Å². The first-order valence-corrected chi connectivity index (χ1v) is 16.4. The molecule has 11 atom stereocenters. The Morgan fingerprint density at radius 2 is 1.86 bits per heavy atom. The summed E-state index contributed by atoms with van der Waals surface area (Å²) in [5, 5.41) is 34.3. The molecular weight excluding hydrogens is 560 g/mol. The number of carbonyl (C=O) groups is 1. The normalized spacial score (nSPS) is 46.8. The third-order valence-corrected chi connectivity index (χ3v) is 10.1. The van der Waals surface area contributed by atoms with Gasteiger partial charge < -0.3 is 34.3 Å². The third kappa shape index (κ3) is 6.58. The van der Waals surface area contributed by atoms with Gasteiger partial charge in [0.05, 0.1) is 24.9 Å². The van der Waals surface area contributed by atoms with Crippen molar-refractivity contribution in [3.8, 4) is 0 Å². The summed E-state index contributed by atoms with van der Waals surface area (Å²) < 4.78 is 25.7. The number of aliphatic hydroxyl groups excluding tert-OH is 2. The van der Waals surface area contributed by atoms with E-state index in [9.17, 15) is 20.1 Å². The number of fused-ring (bicyclic) bond motifs is 2. The summed E-state index contributed by atoms with van der Waals surface area (Å²) in [7, 11) is 0. The highest BCUT2D eigenvalue weighted by atomic mass is 16.7. The number of ether oxygens (including phenoxy) is 4. The lowest BCUT2D eigenvalue weighted by atomic mass is 9.71. The van der Waals surface area contributed by atoms with E-state index in [-0.39, 0.29) is 43.5 Å². The molecule has 0 unspecified atom stereocenters. The van der Waals surface area contributed by atoms with Crippen molar-refractivity contribution >= 4 is 5.97 Å². The van der Waals surface area contributed by atoms with Crippen LogP contribution in [0.15, 0.2) is 58.7 Å². The molecule has 8 nitrogen and oxygen atoms in total. The molecule has 0 aromatic heterocycles. The second-order valence-electron chi connectivity index (χ2n) is 14.4. The van der Waals surface area contributed by atoms with E-state index in [0.29, 0.717) is 29.9 Å². The second kappa shape index (κ2) is 13.0. The summed E-state index contributed by atoms with van der Waals surface area (Å²) in [4.78, 5) is 14.0. The van der Waals surface area contributed by atoms with E-state index in [0.717, 1.165) is 12.0 Å². The zero-order valence-corrected chi connectivity index (χ0v) is 27.4. The van der Waals surface area contributed by atoms with E-state index < -0.39 is 47.7 Å². The molecule has 1 spiro atoms. The number of hydrogen-bond donors (Lipinski definition) is 3. The molecule has 4 aliphatic heterocycles. The van der Waals surface area contributed by atoms with Gasteiger partial charge >= 0.3 is 5.97 Å². The van der Waals surface area contributed by atoms with Gasteiger partial charge in [0.15, 0.2) is 5.79 Å². The zero-order chi connectivity index (χ0) is 32.0. The highest BCUT2D eigenvalue weighted by Crippen LogP contribution is 2.47. The molecule has 1 aliphatic carbocycles. The molecule has 244 valence electrons. The van der Waals surface area contributed by atoms with Gasteiger partial charge in [0.2, 0.25) is 0 Å². The molecule has 3 saturated heterocycles. The number of carbonyl (C=O) groups excluding carboxylic acids is 1. The number of rotatable bonds is 2. The van der Waals surface area contributed by atoms with Crippen LogP contribution in [0.3, 0.4) is 0 Å². The Kier molecular flexibility index (Phi) is 9.82. The molecule has 5 aliphatic rings. The SMILES string of the molecule is CC1=C[C@H]2C(=O)O[C@@H]3C[C@@H](C/C=C(/C)C[C@@H](C)/C=C\C=C4/CO[C@H]([C@@H]1O)[C@@]42O)O[C@]1(C3)C[C@H](O)[C@H](C)[C@@H](/C(C)=C/C(C)C)O1. The van der Waals surface area contributed by atoms with E-state index in [4.69, 9.17) is 18.9 Å². The monoisotopic (exact) mass is 612 g/mol. The van der Waals surface area contributed by atoms with Crippen LogP contribution in [0, 0.1) is 23.7 Å². The highest BCUT2D eigenvalue weighted by Gasteiger charge is 2.60. The summed E-state index contributed by atoms with van der Waals surface area (Å²) in [6, 6.07) is 0. The van der Waals surface area contributed by atoms with Crippen molar-refractivity contribution in [2.45, 2.75) is 129 Å². The second-order valence-corrected chi connectivity index (χ2v) is 14.4. The number of esters is 1. The van der Waals surface area contributed by atoms with Crippen molar-refractivity contribution in [2.24, 2.45) is 23.7 Å². The van der Waals surface area contributed by atoms with Gasteiger partial charge in [-0.1, -0.05) is 69.7 Å². The molecule has 5 rings (SSSR count). The fraction of sp³-hybridized carbons (Fsp3) is 0.694. The average molecular weight is 613 g/mol. The van der Waals surface area contributed by atoms with E-state index in [1.54, 1.807) is 13.0 Å². The van der Waals surface area contributed by atoms with Crippen molar-refractivity contribution in [3.63, 3.8) is 0 Å². The molecule has 0 radical (unpaired) electrons. The van der Waals surface area contributed by atoms with Crippen LogP contribution in [-0.4, -0.2) is 75.9 Å². The Bertz CT molecular complexity index is 1240. The maximum absolute atomic E-state index is 14.0. The summed E-state index contributed by atoms with van der Waals surface area (Å²) in [6.45, 7) is 14.4. The lowest BCUT2D eigenvalue weighted by Gasteiger charge is -2.51. The van der Waals surface area contributed by atoms with Crippen molar-refractivity contribution < 1.29 is 39.1 Å². The Labute approximate surface area is 262 Å². The van der Waals surface area contributed by atoms with Gasteiger partial charge in [-0.05, 0) is 62.2 Å². The smallest absolute Gasteiger partial charge is 0.316 e. The van der Waals surface area contributed by atoms with Crippen LogP contribution >= 0.6 is 0 Å². The van der Waals surface area contributed by atoms with Gasteiger partial charge in [-0.15, -0.1) is 0 Å². The quantitative estimate of drug-likeness (QED) is 0.292. The van der Waals surface area contributed by atoms with Crippen LogP contribution in [0.2, 0.25) is 0 Å².